The van der Waals surface area contributed by atoms with Crippen molar-refractivity contribution in [3.8, 4) is 0 Å². The second-order valence-electron chi connectivity index (χ2n) is 8.58. The largest absolute Gasteiger partial charge is 0.394 e. The third-order valence-electron chi connectivity index (χ3n) is 5.95. The lowest BCUT2D eigenvalue weighted by Gasteiger charge is -2.40. The van der Waals surface area contributed by atoms with E-state index in [2.05, 4.69) is 17.3 Å². The SMILES string of the molecule is CCCCCCC(=O)N[C@@H](CO[C@H]1O[C@H](CO)[C@H](O)[C@H](O)[C@H]1O)[C@H](O)[C@H](O)c1cnn(CC)c1. The summed E-state index contributed by atoms with van der Waals surface area (Å²) in [5, 5.41) is 67.7. The molecule has 1 amide bonds. The van der Waals surface area contributed by atoms with Gasteiger partial charge in [0.25, 0.3) is 0 Å². The highest BCUT2D eigenvalue weighted by molar-refractivity contribution is 5.76. The highest BCUT2D eigenvalue weighted by Crippen LogP contribution is 2.24. The Labute approximate surface area is 199 Å². The fourth-order valence-electron chi connectivity index (χ4n) is 3.74. The molecule has 0 radical (unpaired) electrons. The van der Waals surface area contributed by atoms with Crippen LogP contribution in [0.3, 0.4) is 0 Å². The minimum atomic E-state index is -1.63. The van der Waals surface area contributed by atoms with E-state index in [4.69, 9.17) is 9.47 Å². The van der Waals surface area contributed by atoms with Crippen molar-refractivity contribution in [1.29, 1.82) is 0 Å². The molecule has 2 rings (SSSR count). The van der Waals surface area contributed by atoms with Crippen LogP contribution in [0, 0.1) is 0 Å². The Morgan fingerprint density at radius 3 is 2.53 bits per heavy atom. The lowest BCUT2D eigenvalue weighted by atomic mass is 9.99. The van der Waals surface area contributed by atoms with Gasteiger partial charge in [0, 0.05) is 24.7 Å². The van der Waals surface area contributed by atoms with Gasteiger partial charge in [-0.3, -0.25) is 9.48 Å². The number of aliphatic hydroxyl groups is 6. The second-order valence-corrected chi connectivity index (χ2v) is 8.58. The van der Waals surface area contributed by atoms with Gasteiger partial charge in [0.1, 0.15) is 36.6 Å². The number of nitrogens with zero attached hydrogens (tertiary/aromatic N) is 2. The number of amides is 1. The molecular formula is C22H39N3O9. The number of aromatic nitrogens is 2. The molecular weight excluding hydrogens is 450 g/mol. The van der Waals surface area contributed by atoms with Crippen molar-refractivity contribution in [2.75, 3.05) is 13.2 Å². The van der Waals surface area contributed by atoms with Crippen LogP contribution in [0.15, 0.2) is 12.4 Å². The zero-order valence-electron chi connectivity index (χ0n) is 19.7. The Hall–Kier alpha value is -1.64. The van der Waals surface area contributed by atoms with E-state index in [1.54, 1.807) is 10.9 Å². The molecule has 34 heavy (non-hydrogen) atoms. The van der Waals surface area contributed by atoms with Crippen molar-refractivity contribution < 1.29 is 44.9 Å². The summed E-state index contributed by atoms with van der Waals surface area (Å²) in [5.41, 5.74) is 0.351. The monoisotopic (exact) mass is 489 g/mol. The number of aliphatic hydroxyl groups excluding tert-OH is 6. The standard InChI is InChI=1S/C22H39N3O9/c1-3-5-6-7-8-16(27)24-14(18(29)17(28)13-9-23-25(4-2)10-13)12-33-22-21(32)20(31)19(30)15(11-26)34-22/h9-10,14-15,17-22,26,28-32H,3-8,11-12H2,1-2H3,(H,24,27)/t14-,15+,17+,18-,19-,20-,21+,22-/m0/s1. The smallest absolute Gasteiger partial charge is 0.220 e. The lowest BCUT2D eigenvalue weighted by molar-refractivity contribution is -0.303. The van der Waals surface area contributed by atoms with Gasteiger partial charge < -0.3 is 45.4 Å². The predicted molar refractivity (Wildman–Crippen MR) is 119 cm³/mol. The molecule has 0 aromatic carbocycles. The lowest BCUT2D eigenvalue weighted by Crippen LogP contribution is -2.60. The first-order valence-electron chi connectivity index (χ1n) is 11.8. The van der Waals surface area contributed by atoms with Gasteiger partial charge in [-0.1, -0.05) is 26.2 Å². The maximum Gasteiger partial charge on any atom is 0.220 e. The van der Waals surface area contributed by atoms with E-state index in [-0.39, 0.29) is 18.9 Å². The summed E-state index contributed by atoms with van der Waals surface area (Å²) >= 11 is 0. The number of hydrogen-bond donors (Lipinski definition) is 7. The number of aryl methyl sites for hydroxylation is 1. The van der Waals surface area contributed by atoms with Crippen LogP contribution in [0.1, 0.15) is 57.6 Å². The zero-order chi connectivity index (χ0) is 25.3. The third-order valence-corrected chi connectivity index (χ3v) is 5.95. The fraction of sp³-hybridized carbons (Fsp3) is 0.818. The highest BCUT2D eigenvalue weighted by atomic mass is 16.7. The molecule has 0 saturated carbocycles. The zero-order valence-corrected chi connectivity index (χ0v) is 19.7. The number of carbonyl (C=O) groups excluding carboxylic acids is 1. The molecule has 1 aliphatic rings. The Kier molecular flexibility index (Phi) is 11.8. The van der Waals surface area contributed by atoms with E-state index < -0.39 is 55.6 Å². The molecule has 1 saturated heterocycles. The molecule has 196 valence electrons. The molecule has 0 aliphatic carbocycles. The molecule has 1 aromatic rings. The number of rotatable bonds is 14. The Morgan fingerprint density at radius 1 is 1.18 bits per heavy atom. The van der Waals surface area contributed by atoms with E-state index in [0.29, 0.717) is 18.5 Å². The molecule has 0 bridgehead atoms. The van der Waals surface area contributed by atoms with E-state index in [0.717, 1.165) is 19.3 Å². The van der Waals surface area contributed by atoms with Crippen molar-refractivity contribution in [1.82, 2.24) is 15.1 Å². The molecule has 2 heterocycles. The van der Waals surface area contributed by atoms with E-state index in [9.17, 15) is 35.4 Å². The Balaban J connectivity index is 2.08. The van der Waals surface area contributed by atoms with Crippen molar-refractivity contribution >= 4 is 5.91 Å². The van der Waals surface area contributed by atoms with Crippen LogP contribution < -0.4 is 5.32 Å². The molecule has 8 atom stereocenters. The molecule has 0 spiro atoms. The Morgan fingerprint density at radius 2 is 1.91 bits per heavy atom. The van der Waals surface area contributed by atoms with Gasteiger partial charge in [0.2, 0.25) is 5.91 Å². The van der Waals surface area contributed by atoms with Crippen LogP contribution in [0.25, 0.3) is 0 Å². The van der Waals surface area contributed by atoms with Crippen LogP contribution in [-0.2, 0) is 20.8 Å². The van der Waals surface area contributed by atoms with Crippen LogP contribution in [0.2, 0.25) is 0 Å². The average molecular weight is 490 g/mol. The first-order valence-corrected chi connectivity index (χ1v) is 11.8. The summed E-state index contributed by atoms with van der Waals surface area (Å²) in [4.78, 5) is 12.5. The Bertz CT molecular complexity index is 732. The normalized spacial score (nSPS) is 27.8. The van der Waals surface area contributed by atoms with Crippen LogP contribution in [0.4, 0.5) is 0 Å². The maximum absolute atomic E-state index is 12.5. The van der Waals surface area contributed by atoms with E-state index in [1.807, 2.05) is 6.92 Å². The number of unbranched alkanes of at least 4 members (excludes halogenated alkanes) is 3. The number of ether oxygens (including phenoxy) is 2. The number of hydrogen-bond acceptors (Lipinski definition) is 10. The number of nitrogens with one attached hydrogen (secondary N) is 1. The van der Waals surface area contributed by atoms with Crippen molar-refractivity contribution in [3.05, 3.63) is 18.0 Å². The van der Waals surface area contributed by atoms with Gasteiger partial charge in [-0.2, -0.15) is 5.10 Å². The van der Waals surface area contributed by atoms with E-state index in [1.165, 1.54) is 6.20 Å². The minimum absolute atomic E-state index is 0.229. The van der Waals surface area contributed by atoms with Crippen molar-refractivity contribution in [3.63, 3.8) is 0 Å². The van der Waals surface area contributed by atoms with Crippen LogP contribution in [-0.4, -0.2) is 102 Å². The summed E-state index contributed by atoms with van der Waals surface area (Å²) in [6, 6.07) is -1.09. The number of carbonyl (C=O) groups is 1. The molecule has 0 unspecified atom stereocenters. The summed E-state index contributed by atoms with van der Waals surface area (Å²) < 4.78 is 12.4. The summed E-state index contributed by atoms with van der Waals surface area (Å²) in [6.45, 7) is 3.50. The predicted octanol–water partition coefficient (Wildman–Crippen LogP) is -1.43. The minimum Gasteiger partial charge on any atom is -0.394 e. The summed E-state index contributed by atoms with van der Waals surface area (Å²) in [6.07, 6.45) is -3.47. The molecule has 12 nitrogen and oxygen atoms in total. The second kappa shape index (κ2) is 14.0. The van der Waals surface area contributed by atoms with Crippen LogP contribution >= 0.6 is 0 Å². The molecule has 1 aromatic heterocycles. The van der Waals surface area contributed by atoms with Gasteiger partial charge in [0.15, 0.2) is 6.29 Å². The molecule has 1 fully saturated rings. The average Bonchev–Trinajstić information content (AvgIpc) is 3.32. The van der Waals surface area contributed by atoms with Gasteiger partial charge in [0.05, 0.1) is 25.5 Å². The van der Waals surface area contributed by atoms with Gasteiger partial charge in [-0.15, -0.1) is 0 Å². The summed E-state index contributed by atoms with van der Waals surface area (Å²) in [5.74, 6) is -0.339. The van der Waals surface area contributed by atoms with Crippen molar-refractivity contribution in [2.24, 2.45) is 0 Å². The van der Waals surface area contributed by atoms with E-state index >= 15 is 0 Å². The first kappa shape index (κ1) is 28.6. The maximum atomic E-state index is 12.5. The molecule has 12 heteroatoms. The topological polar surface area (TPSA) is 187 Å². The third kappa shape index (κ3) is 7.68. The van der Waals surface area contributed by atoms with Gasteiger partial charge in [-0.25, -0.2) is 0 Å². The van der Waals surface area contributed by atoms with Gasteiger partial charge >= 0.3 is 0 Å². The first-order chi connectivity index (χ1) is 16.2. The molecule has 1 aliphatic heterocycles. The summed E-state index contributed by atoms with van der Waals surface area (Å²) in [7, 11) is 0. The highest BCUT2D eigenvalue weighted by Gasteiger charge is 2.44. The fourth-order valence-corrected chi connectivity index (χ4v) is 3.74. The van der Waals surface area contributed by atoms with Crippen LogP contribution in [0.5, 0.6) is 0 Å². The molecule has 7 N–H and O–H groups in total. The van der Waals surface area contributed by atoms with Gasteiger partial charge in [-0.05, 0) is 13.3 Å². The quantitative estimate of drug-likeness (QED) is 0.153. The van der Waals surface area contributed by atoms with Crippen molar-refractivity contribution in [2.45, 2.75) is 101 Å².